The van der Waals surface area contributed by atoms with Crippen molar-refractivity contribution >= 4 is 23.5 Å². The van der Waals surface area contributed by atoms with Crippen LogP contribution in [-0.4, -0.2) is 36.0 Å². The van der Waals surface area contributed by atoms with E-state index in [1.807, 2.05) is 24.9 Å². The molecule has 1 aromatic rings. The molecule has 0 aliphatic carbocycles. The smallest absolute Gasteiger partial charge is 0.252 e. The molecule has 1 saturated heterocycles. The molecule has 1 amide bonds. The number of amides is 1. The molecule has 4 nitrogen and oxygen atoms in total. The molecule has 98 valence electrons. The van der Waals surface area contributed by atoms with Crippen LogP contribution in [0.25, 0.3) is 0 Å². The molecule has 1 fully saturated rings. The van der Waals surface area contributed by atoms with E-state index in [1.165, 1.54) is 24.3 Å². The number of aromatic nitrogens is 1. The molecule has 0 bridgehead atoms. The van der Waals surface area contributed by atoms with Crippen LogP contribution >= 0.6 is 11.8 Å². The lowest BCUT2D eigenvalue weighted by Gasteiger charge is -2.21. The number of nitrogens with one attached hydrogen (secondary N) is 2. The SMILES string of the molecule is CNc1ccc(C(=O)NCC2CCSCC2)cn1. The zero-order valence-corrected chi connectivity index (χ0v) is 11.4. The lowest BCUT2D eigenvalue weighted by Crippen LogP contribution is -2.31. The maximum atomic E-state index is 11.9. The number of rotatable bonds is 4. The quantitative estimate of drug-likeness (QED) is 0.874. The highest BCUT2D eigenvalue weighted by molar-refractivity contribution is 7.99. The van der Waals surface area contributed by atoms with Crippen LogP contribution in [0.2, 0.25) is 0 Å². The molecule has 0 aromatic carbocycles. The van der Waals surface area contributed by atoms with Gasteiger partial charge in [0.1, 0.15) is 5.82 Å². The number of pyridine rings is 1. The Bertz CT molecular complexity index is 388. The summed E-state index contributed by atoms with van der Waals surface area (Å²) in [4.78, 5) is 16.0. The predicted octanol–water partition coefficient (Wildman–Crippen LogP) is 2.00. The molecule has 1 aliphatic rings. The van der Waals surface area contributed by atoms with Gasteiger partial charge >= 0.3 is 0 Å². The Kier molecular flexibility index (Phi) is 4.87. The van der Waals surface area contributed by atoms with Crippen LogP contribution < -0.4 is 10.6 Å². The van der Waals surface area contributed by atoms with E-state index in [9.17, 15) is 4.79 Å². The van der Waals surface area contributed by atoms with E-state index < -0.39 is 0 Å². The molecule has 1 aliphatic heterocycles. The summed E-state index contributed by atoms with van der Waals surface area (Å²) < 4.78 is 0. The largest absolute Gasteiger partial charge is 0.373 e. The number of hydrogen-bond donors (Lipinski definition) is 2. The predicted molar refractivity (Wildman–Crippen MR) is 76.2 cm³/mol. The molecule has 0 unspecified atom stereocenters. The van der Waals surface area contributed by atoms with Crippen molar-refractivity contribution in [3.05, 3.63) is 23.9 Å². The van der Waals surface area contributed by atoms with Crippen molar-refractivity contribution in [2.24, 2.45) is 5.92 Å². The summed E-state index contributed by atoms with van der Waals surface area (Å²) >= 11 is 2.00. The number of carbonyl (C=O) groups excluding carboxylic acids is 1. The first kappa shape index (κ1) is 13.2. The van der Waals surface area contributed by atoms with Crippen LogP contribution in [0.3, 0.4) is 0 Å². The molecule has 2 heterocycles. The van der Waals surface area contributed by atoms with Crippen molar-refractivity contribution in [3.8, 4) is 0 Å². The summed E-state index contributed by atoms with van der Waals surface area (Å²) in [5.41, 5.74) is 0.624. The number of nitrogens with zero attached hydrogens (tertiary/aromatic N) is 1. The molecule has 2 rings (SSSR count). The second kappa shape index (κ2) is 6.64. The molecular formula is C13H19N3OS. The second-order valence-electron chi connectivity index (χ2n) is 4.45. The number of thioether (sulfide) groups is 1. The molecule has 0 atom stereocenters. The average Bonchev–Trinajstić information content (AvgIpc) is 2.46. The number of anilines is 1. The fourth-order valence-electron chi connectivity index (χ4n) is 1.97. The number of carbonyl (C=O) groups is 1. The van der Waals surface area contributed by atoms with Crippen molar-refractivity contribution in [2.75, 3.05) is 30.4 Å². The Balaban J connectivity index is 1.82. The van der Waals surface area contributed by atoms with Crippen molar-refractivity contribution in [1.82, 2.24) is 10.3 Å². The van der Waals surface area contributed by atoms with Gasteiger partial charge in [-0.05, 0) is 42.4 Å². The summed E-state index contributed by atoms with van der Waals surface area (Å²) in [6.45, 7) is 0.785. The summed E-state index contributed by atoms with van der Waals surface area (Å²) in [6.07, 6.45) is 4.03. The monoisotopic (exact) mass is 265 g/mol. The van der Waals surface area contributed by atoms with Gasteiger partial charge in [-0.3, -0.25) is 4.79 Å². The van der Waals surface area contributed by atoms with Gasteiger partial charge in [-0.25, -0.2) is 4.98 Å². The van der Waals surface area contributed by atoms with Gasteiger partial charge in [-0.1, -0.05) is 0 Å². The maximum absolute atomic E-state index is 11.9. The first-order chi connectivity index (χ1) is 8.79. The fourth-order valence-corrected chi connectivity index (χ4v) is 3.17. The lowest BCUT2D eigenvalue weighted by atomic mass is 10.0. The maximum Gasteiger partial charge on any atom is 0.252 e. The highest BCUT2D eigenvalue weighted by Crippen LogP contribution is 2.21. The minimum atomic E-state index is -0.0246. The Morgan fingerprint density at radius 2 is 2.22 bits per heavy atom. The highest BCUT2D eigenvalue weighted by Gasteiger charge is 2.15. The standard InChI is InChI=1S/C13H19N3OS/c1-14-12-3-2-11(9-15-12)13(17)16-8-10-4-6-18-7-5-10/h2-3,9-10H,4-8H2,1H3,(H,14,15)(H,16,17). The van der Waals surface area contributed by atoms with Crippen molar-refractivity contribution < 1.29 is 4.79 Å². The van der Waals surface area contributed by atoms with E-state index in [4.69, 9.17) is 0 Å². The molecule has 0 saturated carbocycles. The van der Waals surface area contributed by atoms with Crippen molar-refractivity contribution in [3.63, 3.8) is 0 Å². The Hall–Kier alpha value is -1.23. The van der Waals surface area contributed by atoms with Crippen molar-refractivity contribution in [1.29, 1.82) is 0 Å². The number of hydrogen-bond acceptors (Lipinski definition) is 4. The minimum absolute atomic E-state index is 0.0246. The molecular weight excluding hydrogens is 246 g/mol. The van der Waals surface area contributed by atoms with E-state index in [0.29, 0.717) is 11.5 Å². The topological polar surface area (TPSA) is 54.0 Å². The van der Waals surface area contributed by atoms with Gasteiger partial charge < -0.3 is 10.6 Å². The van der Waals surface area contributed by atoms with Crippen LogP contribution in [-0.2, 0) is 0 Å². The van der Waals surface area contributed by atoms with Gasteiger partial charge in [0, 0.05) is 19.8 Å². The molecule has 5 heteroatoms. The Morgan fingerprint density at radius 1 is 1.44 bits per heavy atom. The second-order valence-corrected chi connectivity index (χ2v) is 5.67. The molecule has 0 spiro atoms. The molecule has 18 heavy (non-hydrogen) atoms. The molecule has 0 radical (unpaired) electrons. The summed E-state index contributed by atoms with van der Waals surface area (Å²) in [7, 11) is 1.81. The third-order valence-corrected chi connectivity index (χ3v) is 4.22. The van der Waals surface area contributed by atoms with Gasteiger partial charge in [0.2, 0.25) is 0 Å². The molecule has 1 aromatic heterocycles. The summed E-state index contributed by atoms with van der Waals surface area (Å²) in [5, 5.41) is 5.93. The average molecular weight is 265 g/mol. The normalized spacial score (nSPS) is 16.3. The van der Waals surface area contributed by atoms with Crippen molar-refractivity contribution in [2.45, 2.75) is 12.8 Å². The van der Waals surface area contributed by atoms with Crippen LogP contribution in [0.15, 0.2) is 18.3 Å². The van der Waals surface area contributed by atoms with Gasteiger partial charge in [0.05, 0.1) is 5.56 Å². The lowest BCUT2D eigenvalue weighted by molar-refractivity contribution is 0.0946. The first-order valence-electron chi connectivity index (χ1n) is 6.29. The van der Waals surface area contributed by atoms with Gasteiger partial charge in [0.15, 0.2) is 0 Å². The van der Waals surface area contributed by atoms with E-state index in [-0.39, 0.29) is 5.91 Å². The van der Waals surface area contributed by atoms with E-state index >= 15 is 0 Å². The Labute approximate surface area is 112 Å². The zero-order valence-electron chi connectivity index (χ0n) is 10.6. The third kappa shape index (κ3) is 3.63. The highest BCUT2D eigenvalue weighted by atomic mass is 32.2. The first-order valence-corrected chi connectivity index (χ1v) is 7.45. The fraction of sp³-hybridized carbons (Fsp3) is 0.538. The van der Waals surface area contributed by atoms with E-state index in [0.717, 1.165) is 12.4 Å². The van der Waals surface area contributed by atoms with E-state index in [1.54, 1.807) is 12.3 Å². The minimum Gasteiger partial charge on any atom is -0.373 e. The summed E-state index contributed by atoms with van der Waals surface area (Å²) in [6, 6.07) is 3.61. The summed E-state index contributed by atoms with van der Waals surface area (Å²) in [5.74, 6) is 3.83. The van der Waals surface area contributed by atoms with Crippen LogP contribution in [0, 0.1) is 5.92 Å². The molecule has 2 N–H and O–H groups in total. The third-order valence-electron chi connectivity index (χ3n) is 3.17. The van der Waals surface area contributed by atoms with Gasteiger partial charge in [0.25, 0.3) is 5.91 Å². The van der Waals surface area contributed by atoms with Gasteiger partial charge in [-0.15, -0.1) is 0 Å². The van der Waals surface area contributed by atoms with Crippen LogP contribution in [0.1, 0.15) is 23.2 Å². The van der Waals surface area contributed by atoms with Crippen LogP contribution in [0.4, 0.5) is 5.82 Å². The van der Waals surface area contributed by atoms with E-state index in [2.05, 4.69) is 15.6 Å². The zero-order chi connectivity index (χ0) is 12.8. The van der Waals surface area contributed by atoms with Crippen LogP contribution in [0.5, 0.6) is 0 Å². The van der Waals surface area contributed by atoms with Gasteiger partial charge in [-0.2, -0.15) is 11.8 Å². The Morgan fingerprint density at radius 3 is 2.83 bits per heavy atom.